The largest absolute Gasteiger partial charge is 0.472 e. The van der Waals surface area contributed by atoms with Crippen molar-refractivity contribution in [1.82, 2.24) is 19.8 Å². The molecule has 4 rings (SSSR count). The molecule has 1 fully saturated rings. The van der Waals surface area contributed by atoms with Crippen LogP contribution in [-0.2, 0) is 6.54 Å². The number of aromatic nitrogens is 2. The molecular weight excluding hydrogens is 452 g/mol. The Labute approximate surface area is 214 Å². The summed E-state index contributed by atoms with van der Waals surface area (Å²) in [6.45, 7) is 5.75. The van der Waals surface area contributed by atoms with Crippen LogP contribution < -0.4 is 4.74 Å². The molecular formula is C29H38N4O3. The van der Waals surface area contributed by atoms with Gasteiger partial charge < -0.3 is 14.7 Å². The second-order valence-electron chi connectivity index (χ2n) is 10.4. The maximum atomic E-state index is 13.6. The SMILES string of the molecule is C[C@H]1CN([C@@H](C)CO)C(=O)c2cc(C#CC3CCCCC3)cnc2O[C@H]1CN(C)Cc1cccnc1. The topological polar surface area (TPSA) is 78.8 Å². The van der Waals surface area contributed by atoms with Crippen LogP contribution in [-0.4, -0.2) is 69.7 Å². The Morgan fingerprint density at radius 3 is 2.81 bits per heavy atom. The van der Waals surface area contributed by atoms with E-state index < -0.39 is 0 Å². The first-order valence-electron chi connectivity index (χ1n) is 13.1. The number of hydrogen-bond donors (Lipinski definition) is 1. The van der Waals surface area contributed by atoms with Gasteiger partial charge in [0.15, 0.2) is 0 Å². The lowest BCUT2D eigenvalue weighted by Crippen LogP contribution is -2.49. The fourth-order valence-corrected chi connectivity index (χ4v) is 5.00. The van der Waals surface area contributed by atoms with Gasteiger partial charge in [-0.3, -0.25) is 14.7 Å². The molecule has 3 heterocycles. The molecule has 0 saturated heterocycles. The second-order valence-corrected chi connectivity index (χ2v) is 10.4. The Bertz CT molecular complexity index is 1070. The molecule has 0 radical (unpaired) electrons. The molecule has 0 bridgehead atoms. The van der Waals surface area contributed by atoms with E-state index in [9.17, 15) is 9.90 Å². The smallest absolute Gasteiger partial charge is 0.259 e. The summed E-state index contributed by atoms with van der Waals surface area (Å²) in [4.78, 5) is 26.3. The summed E-state index contributed by atoms with van der Waals surface area (Å²) in [6.07, 6.45) is 11.2. The number of pyridine rings is 2. The van der Waals surface area contributed by atoms with Gasteiger partial charge in [0.25, 0.3) is 5.91 Å². The Morgan fingerprint density at radius 2 is 2.08 bits per heavy atom. The summed E-state index contributed by atoms with van der Waals surface area (Å²) in [5, 5.41) is 9.88. The third-order valence-corrected chi connectivity index (χ3v) is 7.21. The van der Waals surface area contributed by atoms with Crippen LogP contribution in [0.15, 0.2) is 36.8 Å². The zero-order valence-corrected chi connectivity index (χ0v) is 21.7. The Kier molecular flexibility index (Phi) is 8.95. The van der Waals surface area contributed by atoms with E-state index >= 15 is 0 Å². The normalized spacial score (nSPS) is 21.6. The molecule has 1 amide bonds. The highest BCUT2D eigenvalue weighted by atomic mass is 16.5. The second kappa shape index (κ2) is 12.3. The predicted octanol–water partition coefficient (Wildman–Crippen LogP) is 3.76. The number of hydrogen-bond acceptors (Lipinski definition) is 6. The Hall–Kier alpha value is -2.95. The Balaban J connectivity index is 1.59. The number of likely N-dealkylation sites (N-methyl/N-ethyl adjacent to an activating group) is 1. The van der Waals surface area contributed by atoms with Crippen LogP contribution in [0.1, 0.15) is 67.4 Å². The van der Waals surface area contributed by atoms with Gasteiger partial charge in [0.2, 0.25) is 5.88 Å². The van der Waals surface area contributed by atoms with Crippen LogP contribution in [0.2, 0.25) is 0 Å². The van der Waals surface area contributed by atoms with Crippen molar-refractivity contribution in [3.05, 3.63) is 53.5 Å². The Morgan fingerprint density at radius 1 is 1.28 bits per heavy atom. The van der Waals surface area contributed by atoms with E-state index in [1.807, 2.05) is 25.3 Å². The minimum Gasteiger partial charge on any atom is -0.472 e. The van der Waals surface area contributed by atoms with E-state index in [2.05, 4.69) is 46.7 Å². The molecule has 0 spiro atoms. The van der Waals surface area contributed by atoms with Crippen LogP contribution in [0.3, 0.4) is 0 Å². The van der Waals surface area contributed by atoms with E-state index in [1.165, 1.54) is 19.3 Å². The van der Waals surface area contributed by atoms with Crippen molar-refractivity contribution in [2.75, 3.05) is 26.7 Å². The first-order valence-corrected chi connectivity index (χ1v) is 13.1. The predicted molar refractivity (Wildman–Crippen MR) is 139 cm³/mol. The van der Waals surface area contributed by atoms with Crippen molar-refractivity contribution < 1.29 is 14.6 Å². The van der Waals surface area contributed by atoms with Crippen LogP contribution >= 0.6 is 0 Å². The van der Waals surface area contributed by atoms with E-state index in [0.29, 0.717) is 30.5 Å². The van der Waals surface area contributed by atoms with Crippen LogP contribution in [0, 0.1) is 23.7 Å². The van der Waals surface area contributed by atoms with Crippen molar-refractivity contribution >= 4 is 5.91 Å². The quantitative estimate of drug-likeness (QED) is 0.622. The minimum atomic E-state index is -0.309. The van der Waals surface area contributed by atoms with Gasteiger partial charge in [-0.2, -0.15) is 0 Å². The minimum absolute atomic E-state index is 0.0417. The van der Waals surface area contributed by atoms with Gasteiger partial charge in [0, 0.05) is 55.6 Å². The number of nitrogens with zero attached hydrogens (tertiary/aromatic N) is 4. The van der Waals surface area contributed by atoms with Gasteiger partial charge in [-0.15, -0.1) is 0 Å². The number of carbonyl (C=O) groups excluding carboxylic acids is 1. The molecule has 2 aromatic rings. The van der Waals surface area contributed by atoms with Crippen molar-refractivity contribution in [3.63, 3.8) is 0 Å². The summed E-state index contributed by atoms with van der Waals surface area (Å²) in [6, 6.07) is 5.50. The molecule has 3 atom stereocenters. The van der Waals surface area contributed by atoms with Gasteiger partial charge in [0.1, 0.15) is 11.7 Å². The lowest BCUT2D eigenvalue weighted by Gasteiger charge is -2.37. The maximum absolute atomic E-state index is 13.6. The van der Waals surface area contributed by atoms with Crippen molar-refractivity contribution in [2.24, 2.45) is 11.8 Å². The molecule has 2 aromatic heterocycles. The molecule has 0 unspecified atom stereocenters. The molecule has 0 aromatic carbocycles. The highest BCUT2D eigenvalue weighted by Crippen LogP contribution is 2.28. The zero-order chi connectivity index (χ0) is 25.5. The molecule has 36 heavy (non-hydrogen) atoms. The average molecular weight is 491 g/mol. The first kappa shape index (κ1) is 26.1. The summed E-state index contributed by atoms with van der Waals surface area (Å²) in [5.74, 6) is 7.27. The van der Waals surface area contributed by atoms with E-state index in [4.69, 9.17) is 4.74 Å². The summed E-state index contributed by atoms with van der Waals surface area (Å²) < 4.78 is 6.41. The number of carbonyl (C=O) groups is 1. The van der Waals surface area contributed by atoms with E-state index in [0.717, 1.165) is 30.5 Å². The highest BCUT2D eigenvalue weighted by Gasteiger charge is 2.34. The fraction of sp³-hybridized carbons (Fsp3) is 0.552. The summed E-state index contributed by atoms with van der Waals surface area (Å²) in [7, 11) is 2.05. The van der Waals surface area contributed by atoms with Crippen LogP contribution in [0.4, 0.5) is 0 Å². The average Bonchev–Trinajstić information content (AvgIpc) is 2.90. The molecule has 1 saturated carbocycles. The van der Waals surface area contributed by atoms with Crippen molar-refractivity contribution in [1.29, 1.82) is 0 Å². The summed E-state index contributed by atoms with van der Waals surface area (Å²) >= 11 is 0. The molecule has 1 aliphatic carbocycles. The molecule has 1 N–H and O–H groups in total. The molecule has 1 aliphatic heterocycles. The lowest BCUT2D eigenvalue weighted by molar-refractivity contribution is 0.0325. The number of fused-ring (bicyclic) bond motifs is 1. The van der Waals surface area contributed by atoms with E-state index in [1.54, 1.807) is 17.3 Å². The van der Waals surface area contributed by atoms with Gasteiger partial charge in [-0.25, -0.2) is 4.98 Å². The fourth-order valence-electron chi connectivity index (χ4n) is 5.00. The lowest BCUT2D eigenvalue weighted by atomic mass is 9.90. The van der Waals surface area contributed by atoms with Crippen LogP contribution in [0.25, 0.3) is 0 Å². The third kappa shape index (κ3) is 6.63. The van der Waals surface area contributed by atoms with Gasteiger partial charge in [-0.05, 0) is 44.5 Å². The number of amides is 1. The number of aliphatic hydroxyl groups is 1. The number of rotatable bonds is 6. The molecule has 2 aliphatic rings. The molecule has 7 nitrogen and oxygen atoms in total. The zero-order valence-electron chi connectivity index (χ0n) is 21.7. The van der Waals surface area contributed by atoms with Gasteiger partial charge in [-0.1, -0.05) is 44.1 Å². The van der Waals surface area contributed by atoms with E-state index in [-0.39, 0.29) is 30.6 Å². The monoisotopic (exact) mass is 490 g/mol. The van der Waals surface area contributed by atoms with Crippen LogP contribution in [0.5, 0.6) is 5.88 Å². The molecule has 7 heteroatoms. The number of aliphatic hydroxyl groups excluding tert-OH is 1. The summed E-state index contributed by atoms with van der Waals surface area (Å²) in [5.41, 5.74) is 2.27. The standard InChI is InChI=1S/C29H38N4O3/c1-21-17-33(22(2)20-34)29(35)26-14-24(12-11-23-8-5-4-6-9-23)16-31-28(26)36-27(21)19-32(3)18-25-10-7-13-30-15-25/h7,10,13-16,21-23,27,34H,4-6,8-9,17-20H2,1-3H3/t21-,22-,27-/m0/s1. The highest BCUT2D eigenvalue weighted by molar-refractivity contribution is 5.97. The number of ether oxygens (including phenoxy) is 1. The van der Waals surface area contributed by atoms with Crippen molar-refractivity contribution in [3.8, 4) is 17.7 Å². The third-order valence-electron chi connectivity index (χ3n) is 7.21. The van der Waals surface area contributed by atoms with Crippen molar-refractivity contribution in [2.45, 2.75) is 64.6 Å². The molecule has 192 valence electrons. The van der Waals surface area contributed by atoms with Gasteiger partial charge in [0.05, 0.1) is 12.6 Å². The maximum Gasteiger partial charge on any atom is 0.259 e. The van der Waals surface area contributed by atoms with Gasteiger partial charge >= 0.3 is 0 Å². The first-order chi connectivity index (χ1) is 17.4.